The lowest BCUT2D eigenvalue weighted by Crippen LogP contribution is -2.13. The van der Waals surface area contributed by atoms with Gasteiger partial charge in [-0.05, 0) is 24.3 Å². The number of hydrogen-bond acceptors (Lipinski definition) is 7. The lowest BCUT2D eigenvalue weighted by Gasteiger charge is -2.02. The second-order valence-electron chi connectivity index (χ2n) is 5.56. The Morgan fingerprint density at radius 1 is 1.27 bits per heavy atom. The third-order valence-electron chi connectivity index (χ3n) is 3.79. The molecule has 132 valence electrons. The quantitative estimate of drug-likeness (QED) is 0.380. The number of nitro benzene ring substituents is 1. The number of carbonyl (C=O) groups is 1. The van der Waals surface area contributed by atoms with E-state index in [2.05, 4.69) is 15.4 Å². The molecule has 1 heterocycles. The van der Waals surface area contributed by atoms with Crippen molar-refractivity contribution in [3.63, 3.8) is 0 Å². The number of Topliss-reactive ketones (excluding diaryl/α,β-unsaturated/α-hetero) is 1. The third-order valence-corrected chi connectivity index (χ3v) is 3.79. The van der Waals surface area contributed by atoms with Crippen molar-refractivity contribution in [1.82, 2.24) is 20.2 Å². The summed E-state index contributed by atoms with van der Waals surface area (Å²) in [4.78, 5) is 24.0. The molecule has 0 atom stereocenters. The first kappa shape index (κ1) is 17.2. The number of rotatable bonds is 6. The van der Waals surface area contributed by atoms with Crippen LogP contribution in [0.2, 0.25) is 0 Å². The maximum atomic E-state index is 12.4. The van der Waals surface area contributed by atoms with Crippen molar-refractivity contribution in [3.8, 4) is 17.1 Å². The van der Waals surface area contributed by atoms with Gasteiger partial charge in [0.05, 0.1) is 12.0 Å². The maximum absolute atomic E-state index is 12.4. The Morgan fingerprint density at radius 3 is 2.81 bits per heavy atom. The van der Waals surface area contributed by atoms with Crippen LogP contribution in [0.15, 0.2) is 42.5 Å². The minimum atomic E-state index is -0.513. The molecule has 0 radical (unpaired) electrons. The predicted molar refractivity (Wildman–Crippen MR) is 92.0 cm³/mol. The Kier molecular flexibility index (Phi) is 4.70. The molecule has 0 N–H and O–H groups in total. The number of hydrogen-bond donors (Lipinski definition) is 0. The van der Waals surface area contributed by atoms with Gasteiger partial charge in [0.2, 0.25) is 5.82 Å². The van der Waals surface area contributed by atoms with Crippen LogP contribution in [-0.2, 0) is 6.54 Å². The smallest absolute Gasteiger partial charge is 0.273 e. The summed E-state index contributed by atoms with van der Waals surface area (Å²) in [6, 6.07) is 11.5. The fourth-order valence-corrected chi connectivity index (χ4v) is 2.39. The number of ether oxygens (including phenoxy) is 1. The lowest BCUT2D eigenvalue weighted by atomic mass is 10.1. The molecule has 0 bridgehead atoms. The second kappa shape index (κ2) is 7.09. The zero-order valence-corrected chi connectivity index (χ0v) is 14.1. The average molecular weight is 353 g/mol. The van der Waals surface area contributed by atoms with E-state index in [1.807, 2.05) is 0 Å². The van der Waals surface area contributed by atoms with Crippen molar-refractivity contribution in [2.24, 2.45) is 0 Å². The molecular weight excluding hydrogens is 338 g/mol. The van der Waals surface area contributed by atoms with E-state index in [0.717, 1.165) is 4.80 Å². The van der Waals surface area contributed by atoms with Crippen LogP contribution < -0.4 is 4.74 Å². The molecule has 26 heavy (non-hydrogen) atoms. The van der Waals surface area contributed by atoms with Gasteiger partial charge in [0, 0.05) is 22.8 Å². The molecule has 0 unspecified atom stereocenters. The minimum absolute atomic E-state index is 0.0977. The highest BCUT2D eigenvalue weighted by Crippen LogP contribution is 2.21. The molecule has 0 fully saturated rings. The van der Waals surface area contributed by atoms with E-state index < -0.39 is 4.92 Å². The van der Waals surface area contributed by atoms with E-state index in [9.17, 15) is 14.9 Å². The number of benzene rings is 2. The monoisotopic (exact) mass is 353 g/mol. The Hall–Kier alpha value is -3.62. The summed E-state index contributed by atoms with van der Waals surface area (Å²) in [5, 5.41) is 23.0. The summed E-state index contributed by atoms with van der Waals surface area (Å²) in [6.45, 7) is 1.45. The van der Waals surface area contributed by atoms with Crippen molar-refractivity contribution in [3.05, 3.63) is 63.7 Å². The van der Waals surface area contributed by atoms with Crippen LogP contribution in [0.1, 0.15) is 15.9 Å². The molecule has 3 rings (SSSR count). The second-order valence-corrected chi connectivity index (χ2v) is 5.56. The number of carbonyl (C=O) groups excluding carboxylic acids is 1. The molecule has 2 aromatic carbocycles. The molecule has 9 nitrogen and oxygen atoms in total. The molecular formula is C17H15N5O4. The summed E-state index contributed by atoms with van der Waals surface area (Å²) in [6.07, 6.45) is 0. The number of methoxy groups -OCH3 is 1. The van der Waals surface area contributed by atoms with Crippen LogP contribution in [0.3, 0.4) is 0 Å². The van der Waals surface area contributed by atoms with E-state index in [4.69, 9.17) is 4.74 Å². The Morgan fingerprint density at radius 2 is 2.08 bits per heavy atom. The number of tetrazole rings is 1. The highest BCUT2D eigenvalue weighted by atomic mass is 16.6. The Balaban J connectivity index is 1.80. The summed E-state index contributed by atoms with van der Waals surface area (Å²) < 4.78 is 5.15. The lowest BCUT2D eigenvalue weighted by molar-refractivity contribution is -0.385. The number of aromatic nitrogens is 4. The predicted octanol–water partition coefficient (Wildman–Crippen LogP) is 2.45. The first-order valence-electron chi connectivity index (χ1n) is 7.68. The number of nitrogens with zero attached hydrogens (tertiary/aromatic N) is 5. The molecule has 3 aromatic rings. The van der Waals surface area contributed by atoms with Crippen LogP contribution in [0.5, 0.6) is 5.75 Å². The van der Waals surface area contributed by atoms with E-state index in [1.54, 1.807) is 50.4 Å². The molecule has 0 aliphatic heterocycles. The first-order chi connectivity index (χ1) is 12.5. The highest BCUT2D eigenvalue weighted by molar-refractivity contribution is 5.96. The third kappa shape index (κ3) is 3.56. The number of ketones is 1. The van der Waals surface area contributed by atoms with Crippen molar-refractivity contribution < 1.29 is 14.5 Å². The molecule has 0 spiro atoms. The van der Waals surface area contributed by atoms with Crippen LogP contribution in [-0.4, -0.2) is 38.0 Å². The SMILES string of the molecule is COc1cccc(-c2nnn(CC(=O)c3ccc(C)c([N+](=O)[O-])c3)n2)c1. The Bertz CT molecular complexity index is 983. The van der Waals surface area contributed by atoms with Gasteiger partial charge in [0.15, 0.2) is 5.78 Å². The van der Waals surface area contributed by atoms with Crippen LogP contribution in [0.25, 0.3) is 11.4 Å². The molecule has 0 amide bonds. The van der Waals surface area contributed by atoms with Crippen LogP contribution in [0, 0.1) is 17.0 Å². The summed E-state index contributed by atoms with van der Waals surface area (Å²) in [5.74, 6) is 0.663. The van der Waals surface area contributed by atoms with E-state index >= 15 is 0 Å². The maximum Gasteiger partial charge on any atom is 0.273 e. The molecule has 1 aromatic heterocycles. The molecule has 0 aliphatic rings. The largest absolute Gasteiger partial charge is 0.497 e. The standard InChI is InChI=1S/C17H15N5O4/c1-11-6-7-12(9-15(11)22(24)25)16(23)10-21-19-17(18-20-21)13-4-3-5-14(8-13)26-2/h3-9H,10H2,1-2H3. The van der Waals surface area contributed by atoms with Gasteiger partial charge in [-0.2, -0.15) is 4.80 Å². The van der Waals surface area contributed by atoms with Gasteiger partial charge in [0.1, 0.15) is 12.3 Å². The fourth-order valence-electron chi connectivity index (χ4n) is 2.39. The minimum Gasteiger partial charge on any atom is -0.497 e. The van der Waals surface area contributed by atoms with E-state index in [1.165, 1.54) is 6.07 Å². The van der Waals surface area contributed by atoms with E-state index in [-0.39, 0.29) is 23.6 Å². The number of aryl methyl sites for hydroxylation is 1. The van der Waals surface area contributed by atoms with Crippen molar-refractivity contribution in [2.75, 3.05) is 7.11 Å². The van der Waals surface area contributed by atoms with Crippen molar-refractivity contribution >= 4 is 11.5 Å². The molecule has 9 heteroatoms. The highest BCUT2D eigenvalue weighted by Gasteiger charge is 2.16. The topological polar surface area (TPSA) is 113 Å². The molecule has 0 saturated carbocycles. The van der Waals surface area contributed by atoms with Crippen molar-refractivity contribution in [1.29, 1.82) is 0 Å². The zero-order chi connectivity index (χ0) is 18.7. The van der Waals surface area contributed by atoms with Gasteiger partial charge in [-0.1, -0.05) is 24.3 Å². The Labute approximate surface area is 148 Å². The van der Waals surface area contributed by atoms with Gasteiger partial charge >= 0.3 is 0 Å². The average Bonchev–Trinajstić information content (AvgIpc) is 3.10. The fraction of sp³-hybridized carbons (Fsp3) is 0.176. The zero-order valence-electron chi connectivity index (χ0n) is 14.1. The molecule has 0 aliphatic carbocycles. The summed E-state index contributed by atoms with van der Waals surface area (Å²) >= 11 is 0. The van der Waals surface area contributed by atoms with Crippen LogP contribution in [0.4, 0.5) is 5.69 Å². The van der Waals surface area contributed by atoms with Gasteiger partial charge in [-0.15, -0.1) is 10.2 Å². The van der Waals surface area contributed by atoms with Gasteiger partial charge < -0.3 is 4.74 Å². The van der Waals surface area contributed by atoms with Crippen LogP contribution >= 0.6 is 0 Å². The van der Waals surface area contributed by atoms with Gasteiger partial charge in [-0.3, -0.25) is 14.9 Å². The van der Waals surface area contributed by atoms with Gasteiger partial charge in [0.25, 0.3) is 5.69 Å². The molecule has 0 saturated heterocycles. The first-order valence-corrected chi connectivity index (χ1v) is 7.68. The summed E-state index contributed by atoms with van der Waals surface area (Å²) in [5.41, 5.74) is 1.32. The number of nitro groups is 1. The van der Waals surface area contributed by atoms with Gasteiger partial charge in [-0.25, -0.2) is 0 Å². The van der Waals surface area contributed by atoms with E-state index in [0.29, 0.717) is 22.7 Å². The normalized spacial score (nSPS) is 10.5. The van der Waals surface area contributed by atoms with Crippen molar-refractivity contribution in [2.45, 2.75) is 13.5 Å². The summed E-state index contributed by atoms with van der Waals surface area (Å²) in [7, 11) is 1.56.